The van der Waals surface area contributed by atoms with E-state index in [4.69, 9.17) is 15.2 Å². The molecular weight excluding hydrogens is 232 g/mol. The normalized spacial score (nSPS) is 18.6. The molecule has 1 saturated heterocycles. The number of nitrogen functional groups attached to an aromatic ring is 1. The summed E-state index contributed by atoms with van der Waals surface area (Å²) in [6, 6.07) is 5.47. The van der Waals surface area contributed by atoms with E-state index in [1.54, 1.807) is 19.2 Å². The summed E-state index contributed by atoms with van der Waals surface area (Å²) < 4.78 is 10.4. The summed E-state index contributed by atoms with van der Waals surface area (Å²) >= 11 is 0. The van der Waals surface area contributed by atoms with Crippen LogP contribution in [0.3, 0.4) is 0 Å². The lowest BCUT2D eigenvalue weighted by molar-refractivity contribution is -0.130. The molecule has 1 amide bonds. The Hall–Kier alpha value is -1.75. The van der Waals surface area contributed by atoms with Crippen LogP contribution in [0.25, 0.3) is 0 Å². The lowest BCUT2D eigenvalue weighted by Crippen LogP contribution is -2.33. The number of carbonyl (C=O) groups excluding carboxylic acids is 1. The molecule has 5 nitrogen and oxygen atoms in total. The maximum Gasteiger partial charge on any atom is 0.249 e. The van der Waals surface area contributed by atoms with Gasteiger partial charge in [-0.2, -0.15) is 0 Å². The van der Waals surface area contributed by atoms with Crippen LogP contribution in [-0.4, -0.2) is 25.7 Å². The van der Waals surface area contributed by atoms with Gasteiger partial charge in [0.1, 0.15) is 11.9 Å². The average molecular weight is 250 g/mol. The van der Waals surface area contributed by atoms with Gasteiger partial charge in [-0.15, -0.1) is 0 Å². The monoisotopic (exact) mass is 250 g/mol. The summed E-state index contributed by atoms with van der Waals surface area (Å²) in [6.07, 6.45) is 1.46. The number of hydrogen-bond acceptors (Lipinski definition) is 4. The Bertz CT molecular complexity index is 428. The second-order valence-corrected chi connectivity index (χ2v) is 4.30. The van der Waals surface area contributed by atoms with Crippen LogP contribution in [0.1, 0.15) is 18.4 Å². The van der Waals surface area contributed by atoms with Crippen molar-refractivity contribution in [3.05, 3.63) is 23.8 Å². The Balaban J connectivity index is 1.89. The fraction of sp³-hybridized carbons (Fsp3) is 0.462. The zero-order chi connectivity index (χ0) is 13.0. The van der Waals surface area contributed by atoms with Crippen LogP contribution in [0.4, 0.5) is 5.69 Å². The minimum atomic E-state index is -0.291. The quantitative estimate of drug-likeness (QED) is 0.784. The van der Waals surface area contributed by atoms with Crippen molar-refractivity contribution in [3.8, 4) is 5.75 Å². The Morgan fingerprint density at radius 3 is 3.06 bits per heavy atom. The van der Waals surface area contributed by atoms with E-state index >= 15 is 0 Å². The van der Waals surface area contributed by atoms with Crippen molar-refractivity contribution in [2.75, 3.05) is 19.5 Å². The molecular formula is C13H18N2O3. The van der Waals surface area contributed by atoms with Gasteiger partial charge in [-0.25, -0.2) is 0 Å². The van der Waals surface area contributed by atoms with Crippen LogP contribution in [0, 0.1) is 0 Å². The zero-order valence-corrected chi connectivity index (χ0v) is 10.4. The molecule has 98 valence electrons. The summed E-state index contributed by atoms with van der Waals surface area (Å²) in [4.78, 5) is 11.7. The number of benzene rings is 1. The molecule has 1 unspecified atom stereocenters. The third kappa shape index (κ3) is 2.92. The fourth-order valence-corrected chi connectivity index (χ4v) is 1.98. The molecule has 1 aromatic carbocycles. The van der Waals surface area contributed by atoms with Gasteiger partial charge in [0.2, 0.25) is 5.91 Å². The molecule has 3 N–H and O–H groups in total. The van der Waals surface area contributed by atoms with Crippen molar-refractivity contribution in [2.24, 2.45) is 0 Å². The molecule has 0 bridgehead atoms. The first-order valence-electron chi connectivity index (χ1n) is 6.02. The third-order valence-electron chi connectivity index (χ3n) is 2.98. The Morgan fingerprint density at radius 1 is 1.61 bits per heavy atom. The van der Waals surface area contributed by atoms with E-state index in [2.05, 4.69) is 5.32 Å². The largest absolute Gasteiger partial charge is 0.495 e. The van der Waals surface area contributed by atoms with Gasteiger partial charge in [0.05, 0.1) is 12.8 Å². The first-order valence-corrected chi connectivity index (χ1v) is 6.02. The van der Waals surface area contributed by atoms with Crippen LogP contribution >= 0.6 is 0 Å². The van der Waals surface area contributed by atoms with Gasteiger partial charge >= 0.3 is 0 Å². The van der Waals surface area contributed by atoms with Crippen LogP contribution in [0.15, 0.2) is 18.2 Å². The van der Waals surface area contributed by atoms with Crippen LogP contribution in [0.5, 0.6) is 5.75 Å². The van der Waals surface area contributed by atoms with Gasteiger partial charge in [-0.05, 0) is 30.5 Å². The Kier molecular flexibility index (Phi) is 4.04. The molecule has 1 fully saturated rings. The minimum absolute atomic E-state index is 0.0538. The molecule has 1 aliphatic heterocycles. The predicted molar refractivity (Wildman–Crippen MR) is 68.2 cm³/mol. The zero-order valence-electron chi connectivity index (χ0n) is 10.4. The highest BCUT2D eigenvalue weighted by atomic mass is 16.5. The fourth-order valence-electron chi connectivity index (χ4n) is 1.98. The first kappa shape index (κ1) is 12.7. The summed E-state index contributed by atoms with van der Waals surface area (Å²) in [5, 5.41) is 2.85. The van der Waals surface area contributed by atoms with E-state index in [1.165, 1.54) is 0 Å². The van der Waals surface area contributed by atoms with Crippen LogP contribution in [0.2, 0.25) is 0 Å². The number of nitrogens with one attached hydrogen (secondary N) is 1. The lowest BCUT2D eigenvalue weighted by atomic mass is 10.1. The predicted octanol–water partition coefficient (Wildman–Crippen LogP) is 1.07. The van der Waals surface area contributed by atoms with Gasteiger partial charge in [0.15, 0.2) is 0 Å². The summed E-state index contributed by atoms with van der Waals surface area (Å²) in [7, 11) is 1.57. The lowest BCUT2D eigenvalue weighted by Gasteiger charge is -2.11. The summed E-state index contributed by atoms with van der Waals surface area (Å²) in [6.45, 7) is 1.13. The SMILES string of the molecule is COc1ccc(CNC(=O)C2CCCO2)cc1N. The maximum absolute atomic E-state index is 11.7. The van der Waals surface area contributed by atoms with Crippen molar-refractivity contribution in [3.63, 3.8) is 0 Å². The molecule has 0 aromatic heterocycles. The molecule has 18 heavy (non-hydrogen) atoms. The third-order valence-corrected chi connectivity index (χ3v) is 2.98. The number of methoxy groups -OCH3 is 1. The number of hydrogen-bond donors (Lipinski definition) is 2. The van der Waals surface area contributed by atoms with Crippen LogP contribution in [-0.2, 0) is 16.1 Å². The smallest absolute Gasteiger partial charge is 0.249 e. The first-order chi connectivity index (χ1) is 8.70. The average Bonchev–Trinajstić information content (AvgIpc) is 2.90. The van der Waals surface area contributed by atoms with Crippen molar-refractivity contribution in [1.29, 1.82) is 0 Å². The number of nitrogens with two attached hydrogens (primary N) is 1. The van der Waals surface area contributed by atoms with Crippen LogP contribution < -0.4 is 15.8 Å². The molecule has 0 spiro atoms. The van der Waals surface area contributed by atoms with Crippen molar-refractivity contribution < 1.29 is 14.3 Å². The van der Waals surface area contributed by atoms with Crippen molar-refractivity contribution >= 4 is 11.6 Å². The second-order valence-electron chi connectivity index (χ2n) is 4.30. The van der Waals surface area contributed by atoms with Crippen molar-refractivity contribution in [1.82, 2.24) is 5.32 Å². The number of amides is 1. The number of carbonyl (C=O) groups is 1. The van der Waals surface area contributed by atoms with Crippen molar-refractivity contribution in [2.45, 2.75) is 25.5 Å². The maximum atomic E-state index is 11.7. The van der Waals surface area contributed by atoms with Gasteiger partial charge in [0, 0.05) is 13.2 Å². The van der Waals surface area contributed by atoms with Gasteiger partial charge in [0.25, 0.3) is 0 Å². The molecule has 1 atom stereocenters. The Labute approximate surface area is 106 Å². The second kappa shape index (κ2) is 5.73. The van der Waals surface area contributed by atoms with E-state index in [-0.39, 0.29) is 12.0 Å². The molecule has 0 radical (unpaired) electrons. The molecule has 2 rings (SSSR count). The van der Waals surface area contributed by atoms with E-state index in [9.17, 15) is 4.79 Å². The topological polar surface area (TPSA) is 73.6 Å². The highest BCUT2D eigenvalue weighted by Gasteiger charge is 2.22. The Morgan fingerprint density at radius 2 is 2.44 bits per heavy atom. The number of anilines is 1. The molecule has 1 aliphatic rings. The van der Waals surface area contributed by atoms with Gasteiger partial charge in [-0.3, -0.25) is 4.79 Å². The van der Waals surface area contributed by atoms with E-state index in [1.807, 2.05) is 6.07 Å². The van der Waals surface area contributed by atoms with Gasteiger partial charge < -0.3 is 20.5 Å². The molecule has 5 heteroatoms. The molecule has 1 aromatic rings. The number of rotatable bonds is 4. The standard InChI is InChI=1S/C13H18N2O3/c1-17-11-5-4-9(7-10(11)14)8-15-13(16)12-3-2-6-18-12/h4-5,7,12H,2-3,6,8,14H2,1H3,(H,15,16). The van der Waals surface area contributed by atoms with E-state index < -0.39 is 0 Å². The molecule has 1 heterocycles. The minimum Gasteiger partial charge on any atom is -0.495 e. The van der Waals surface area contributed by atoms with E-state index in [0.717, 1.165) is 18.4 Å². The highest BCUT2D eigenvalue weighted by molar-refractivity contribution is 5.81. The molecule has 0 aliphatic carbocycles. The van der Waals surface area contributed by atoms with E-state index in [0.29, 0.717) is 24.6 Å². The highest BCUT2D eigenvalue weighted by Crippen LogP contribution is 2.21. The van der Waals surface area contributed by atoms with Gasteiger partial charge in [-0.1, -0.05) is 6.07 Å². The number of ether oxygens (including phenoxy) is 2. The summed E-state index contributed by atoms with van der Waals surface area (Å²) in [5.74, 6) is 0.589. The summed E-state index contributed by atoms with van der Waals surface area (Å²) in [5.41, 5.74) is 7.31. The molecule has 0 saturated carbocycles.